The van der Waals surface area contributed by atoms with Crippen LogP contribution in [0.4, 0.5) is 0 Å². The highest BCUT2D eigenvalue weighted by Gasteiger charge is 2.40. The van der Waals surface area contributed by atoms with Crippen LogP contribution in [-0.4, -0.2) is 11.0 Å². The Morgan fingerprint density at radius 1 is 0.769 bits per heavy atom. The van der Waals surface area contributed by atoms with Crippen LogP contribution in [-0.2, 0) is 0 Å². The summed E-state index contributed by atoms with van der Waals surface area (Å²) in [4.78, 5) is 0. The molecule has 1 saturated heterocycles. The molecule has 0 aromatic heterocycles. The SMILES string of the molecule is C1CCC2CC3SCCC3CC2C1. The second-order valence-corrected chi connectivity index (χ2v) is 6.58. The molecule has 4 atom stereocenters. The van der Waals surface area contributed by atoms with Crippen molar-refractivity contribution in [2.75, 3.05) is 5.75 Å². The lowest BCUT2D eigenvalue weighted by Crippen LogP contribution is -2.33. The summed E-state index contributed by atoms with van der Waals surface area (Å²) in [6.45, 7) is 0. The fraction of sp³-hybridized carbons (Fsp3) is 1.00. The van der Waals surface area contributed by atoms with Crippen molar-refractivity contribution < 1.29 is 0 Å². The van der Waals surface area contributed by atoms with Crippen LogP contribution < -0.4 is 0 Å². The lowest BCUT2D eigenvalue weighted by atomic mass is 9.67. The van der Waals surface area contributed by atoms with Crippen LogP contribution >= 0.6 is 11.8 Å². The molecule has 0 bridgehead atoms. The van der Waals surface area contributed by atoms with E-state index < -0.39 is 0 Å². The minimum atomic E-state index is 1.08. The summed E-state index contributed by atoms with van der Waals surface area (Å²) in [6, 6.07) is 0. The van der Waals surface area contributed by atoms with Crippen molar-refractivity contribution in [3.8, 4) is 0 Å². The zero-order valence-electron chi connectivity index (χ0n) is 8.37. The molecule has 3 aliphatic rings. The largest absolute Gasteiger partial charge is 0.158 e. The third kappa shape index (κ3) is 1.54. The molecule has 4 unspecified atom stereocenters. The summed E-state index contributed by atoms with van der Waals surface area (Å²) < 4.78 is 0. The van der Waals surface area contributed by atoms with Crippen molar-refractivity contribution in [3.63, 3.8) is 0 Å². The molecule has 0 N–H and O–H groups in total. The van der Waals surface area contributed by atoms with Gasteiger partial charge in [0.1, 0.15) is 0 Å². The van der Waals surface area contributed by atoms with Gasteiger partial charge in [-0.25, -0.2) is 0 Å². The van der Waals surface area contributed by atoms with E-state index in [9.17, 15) is 0 Å². The van der Waals surface area contributed by atoms with Crippen LogP contribution in [0.3, 0.4) is 0 Å². The zero-order chi connectivity index (χ0) is 8.67. The Hall–Kier alpha value is 0.350. The zero-order valence-corrected chi connectivity index (χ0v) is 9.19. The summed E-state index contributed by atoms with van der Waals surface area (Å²) in [7, 11) is 0. The van der Waals surface area contributed by atoms with Gasteiger partial charge in [0, 0.05) is 5.25 Å². The Balaban J connectivity index is 1.71. The maximum absolute atomic E-state index is 2.28. The van der Waals surface area contributed by atoms with Gasteiger partial charge in [0.05, 0.1) is 0 Å². The Morgan fingerprint density at radius 2 is 1.54 bits per heavy atom. The number of hydrogen-bond acceptors (Lipinski definition) is 1. The Morgan fingerprint density at radius 3 is 2.38 bits per heavy atom. The van der Waals surface area contributed by atoms with Gasteiger partial charge in [-0.15, -0.1) is 0 Å². The molecule has 74 valence electrons. The molecular formula is C12H20S. The van der Waals surface area contributed by atoms with Gasteiger partial charge in [0.15, 0.2) is 0 Å². The number of rotatable bonds is 0. The average Bonchev–Trinajstić information content (AvgIpc) is 2.61. The van der Waals surface area contributed by atoms with Crippen molar-refractivity contribution in [2.45, 2.75) is 50.2 Å². The molecule has 2 saturated carbocycles. The smallest absolute Gasteiger partial charge is 0.00784 e. The van der Waals surface area contributed by atoms with Gasteiger partial charge in [-0.3, -0.25) is 0 Å². The average molecular weight is 196 g/mol. The lowest BCUT2D eigenvalue weighted by molar-refractivity contribution is 0.138. The van der Waals surface area contributed by atoms with E-state index in [1.807, 2.05) is 0 Å². The quantitative estimate of drug-likeness (QED) is 0.569. The normalized spacial score (nSPS) is 49.8. The number of thioether (sulfide) groups is 1. The predicted molar refractivity (Wildman–Crippen MR) is 59.0 cm³/mol. The van der Waals surface area contributed by atoms with Crippen LogP contribution in [0.25, 0.3) is 0 Å². The molecule has 0 spiro atoms. The van der Waals surface area contributed by atoms with Gasteiger partial charge < -0.3 is 0 Å². The van der Waals surface area contributed by atoms with Crippen LogP contribution in [0, 0.1) is 17.8 Å². The Kier molecular flexibility index (Phi) is 2.32. The third-order valence-electron chi connectivity index (χ3n) is 4.55. The highest BCUT2D eigenvalue weighted by Crippen LogP contribution is 2.50. The summed E-state index contributed by atoms with van der Waals surface area (Å²) in [5, 5.41) is 1.08. The van der Waals surface area contributed by atoms with Gasteiger partial charge in [-0.2, -0.15) is 11.8 Å². The topological polar surface area (TPSA) is 0 Å². The van der Waals surface area contributed by atoms with Crippen molar-refractivity contribution >= 4 is 11.8 Å². The maximum Gasteiger partial charge on any atom is 0.00784 e. The van der Waals surface area contributed by atoms with Crippen LogP contribution in [0.5, 0.6) is 0 Å². The lowest BCUT2D eigenvalue weighted by Gasteiger charge is -2.41. The Bertz CT molecular complexity index is 170. The molecule has 2 aliphatic carbocycles. The first-order valence-electron chi connectivity index (χ1n) is 6.05. The minimum Gasteiger partial charge on any atom is -0.158 e. The second kappa shape index (κ2) is 3.49. The molecule has 1 aliphatic heterocycles. The van der Waals surface area contributed by atoms with Crippen molar-refractivity contribution in [1.29, 1.82) is 0 Å². The first-order valence-corrected chi connectivity index (χ1v) is 7.10. The number of fused-ring (bicyclic) bond motifs is 2. The molecule has 0 radical (unpaired) electrons. The van der Waals surface area contributed by atoms with E-state index in [1.165, 1.54) is 18.6 Å². The summed E-state index contributed by atoms with van der Waals surface area (Å²) in [5.74, 6) is 4.88. The third-order valence-corrected chi connectivity index (χ3v) is 6.03. The molecule has 3 rings (SSSR count). The van der Waals surface area contributed by atoms with E-state index in [0.717, 1.165) is 23.0 Å². The monoisotopic (exact) mass is 196 g/mol. The summed E-state index contributed by atoms with van der Waals surface area (Å²) >= 11 is 2.28. The second-order valence-electron chi connectivity index (χ2n) is 5.23. The Labute approximate surface area is 85.9 Å². The van der Waals surface area contributed by atoms with Crippen LogP contribution in [0.15, 0.2) is 0 Å². The first-order chi connectivity index (χ1) is 6.43. The van der Waals surface area contributed by atoms with Crippen molar-refractivity contribution in [2.24, 2.45) is 17.8 Å². The van der Waals surface area contributed by atoms with Gasteiger partial charge in [0.25, 0.3) is 0 Å². The molecule has 0 aromatic carbocycles. The van der Waals surface area contributed by atoms with Crippen molar-refractivity contribution in [3.05, 3.63) is 0 Å². The molecule has 1 heteroatoms. The van der Waals surface area contributed by atoms with E-state index in [4.69, 9.17) is 0 Å². The first kappa shape index (κ1) is 8.64. The van der Waals surface area contributed by atoms with Gasteiger partial charge in [-0.1, -0.05) is 25.7 Å². The molecule has 3 fully saturated rings. The fourth-order valence-corrected chi connectivity index (χ4v) is 5.46. The standard InChI is InChI=1S/C12H20S/c1-2-4-10-8-12-11(5-6-13-12)7-9(10)3-1/h9-12H,1-8H2. The van der Waals surface area contributed by atoms with E-state index >= 15 is 0 Å². The van der Waals surface area contributed by atoms with E-state index in [0.29, 0.717) is 0 Å². The predicted octanol–water partition coefficient (Wildman–Crippen LogP) is 3.71. The highest BCUT2D eigenvalue weighted by atomic mass is 32.2. The number of hydrogen-bond donors (Lipinski definition) is 0. The van der Waals surface area contributed by atoms with Gasteiger partial charge in [-0.05, 0) is 42.8 Å². The maximum atomic E-state index is 2.28. The molecule has 0 amide bonds. The molecule has 13 heavy (non-hydrogen) atoms. The van der Waals surface area contributed by atoms with Crippen LogP contribution in [0.2, 0.25) is 0 Å². The summed E-state index contributed by atoms with van der Waals surface area (Å²) in [5.41, 5.74) is 0. The van der Waals surface area contributed by atoms with E-state index in [-0.39, 0.29) is 0 Å². The fourth-order valence-electron chi connectivity index (χ4n) is 3.82. The molecular weight excluding hydrogens is 176 g/mol. The highest BCUT2D eigenvalue weighted by molar-refractivity contribution is 8.00. The molecule has 0 nitrogen and oxygen atoms in total. The van der Waals surface area contributed by atoms with Gasteiger partial charge in [0.2, 0.25) is 0 Å². The minimum absolute atomic E-state index is 1.08. The van der Waals surface area contributed by atoms with Crippen LogP contribution in [0.1, 0.15) is 44.9 Å². The summed E-state index contributed by atoms with van der Waals surface area (Å²) in [6.07, 6.45) is 10.9. The van der Waals surface area contributed by atoms with Crippen molar-refractivity contribution in [1.82, 2.24) is 0 Å². The molecule has 1 heterocycles. The van der Waals surface area contributed by atoms with E-state index in [1.54, 1.807) is 32.1 Å². The molecule has 0 aromatic rings. The van der Waals surface area contributed by atoms with E-state index in [2.05, 4.69) is 11.8 Å². The van der Waals surface area contributed by atoms with Gasteiger partial charge >= 0.3 is 0 Å².